The summed E-state index contributed by atoms with van der Waals surface area (Å²) in [4.78, 5) is 9.32. The Balaban J connectivity index is 1.69. The smallest absolute Gasteiger partial charge is 0.163 e. The molecule has 5 heteroatoms. The lowest BCUT2D eigenvalue weighted by Gasteiger charge is -2.10. The van der Waals surface area contributed by atoms with Crippen molar-refractivity contribution in [3.63, 3.8) is 0 Å². The van der Waals surface area contributed by atoms with E-state index in [1.165, 1.54) is 5.56 Å². The molecule has 2 aromatic carbocycles. The summed E-state index contributed by atoms with van der Waals surface area (Å²) in [5.74, 6) is 2.17. The maximum Gasteiger partial charge on any atom is 0.163 e. The molecule has 0 saturated carbocycles. The molecular formula is C20H17N5. The highest BCUT2D eigenvalue weighted by molar-refractivity contribution is 5.59. The third kappa shape index (κ3) is 3.55. The van der Waals surface area contributed by atoms with Gasteiger partial charge in [-0.3, -0.25) is 0 Å². The second-order valence-corrected chi connectivity index (χ2v) is 5.59. The van der Waals surface area contributed by atoms with Crippen molar-refractivity contribution < 1.29 is 0 Å². The molecule has 0 amide bonds. The first-order valence-corrected chi connectivity index (χ1v) is 8.11. The number of hydrogen-bond acceptors (Lipinski definition) is 4. The third-order valence-corrected chi connectivity index (χ3v) is 3.80. The monoisotopic (exact) mass is 327 g/mol. The summed E-state index contributed by atoms with van der Waals surface area (Å²) < 4.78 is 1.74. The van der Waals surface area contributed by atoms with Crippen molar-refractivity contribution in [3.05, 3.63) is 90.8 Å². The zero-order valence-electron chi connectivity index (χ0n) is 13.6. The average molecular weight is 327 g/mol. The van der Waals surface area contributed by atoms with Crippen LogP contribution >= 0.6 is 0 Å². The lowest BCUT2D eigenvalue weighted by molar-refractivity contribution is 0.841. The van der Waals surface area contributed by atoms with Crippen molar-refractivity contribution in [1.82, 2.24) is 19.7 Å². The van der Waals surface area contributed by atoms with E-state index in [4.69, 9.17) is 0 Å². The van der Waals surface area contributed by atoms with E-state index in [9.17, 15) is 0 Å². The van der Waals surface area contributed by atoms with Crippen LogP contribution in [-0.2, 0) is 6.54 Å². The van der Waals surface area contributed by atoms with Crippen LogP contribution in [-0.4, -0.2) is 19.7 Å². The van der Waals surface area contributed by atoms with E-state index < -0.39 is 0 Å². The molecule has 4 rings (SSSR count). The summed E-state index contributed by atoms with van der Waals surface area (Å²) in [5, 5.41) is 7.66. The molecule has 0 saturated heterocycles. The average Bonchev–Trinajstić information content (AvgIpc) is 3.23. The first-order chi connectivity index (χ1) is 12.4. The van der Waals surface area contributed by atoms with Crippen LogP contribution in [0.25, 0.3) is 17.2 Å². The maximum atomic E-state index is 4.67. The van der Waals surface area contributed by atoms with Crippen LogP contribution in [0.5, 0.6) is 0 Å². The third-order valence-electron chi connectivity index (χ3n) is 3.80. The Morgan fingerprint density at radius 3 is 2.32 bits per heavy atom. The minimum absolute atomic E-state index is 0.671. The number of rotatable bonds is 5. The largest absolute Gasteiger partial charge is 0.366 e. The van der Waals surface area contributed by atoms with Gasteiger partial charge >= 0.3 is 0 Å². The topological polar surface area (TPSA) is 55.6 Å². The van der Waals surface area contributed by atoms with E-state index in [-0.39, 0.29) is 0 Å². The molecular weight excluding hydrogens is 310 g/mol. The van der Waals surface area contributed by atoms with Gasteiger partial charge in [-0.15, -0.1) is 0 Å². The van der Waals surface area contributed by atoms with Crippen LogP contribution in [0, 0.1) is 0 Å². The fourth-order valence-corrected chi connectivity index (χ4v) is 2.55. The molecule has 0 unspecified atom stereocenters. The molecule has 5 nitrogen and oxygen atoms in total. The van der Waals surface area contributed by atoms with Crippen molar-refractivity contribution in [2.75, 3.05) is 5.32 Å². The highest BCUT2D eigenvalue weighted by Crippen LogP contribution is 2.19. The van der Waals surface area contributed by atoms with E-state index in [1.807, 2.05) is 66.9 Å². The van der Waals surface area contributed by atoms with Crippen molar-refractivity contribution in [2.45, 2.75) is 6.54 Å². The molecule has 0 aliphatic carbocycles. The van der Waals surface area contributed by atoms with Gasteiger partial charge in [0.15, 0.2) is 11.6 Å². The van der Waals surface area contributed by atoms with Crippen LogP contribution in [0.3, 0.4) is 0 Å². The van der Waals surface area contributed by atoms with Crippen LogP contribution < -0.4 is 5.32 Å². The minimum atomic E-state index is 0.671. The van der Waals surface area contributed by atoms with Gasteiger partial charge in [-0.2, -0.15) is 5.10 Å². The van der Waals surface area contributed by atoms with E-state index >= 15 is 0 Å². The van der Waals surface area contributed by atoms with Gasteiger partial charge in [-0.05, 0) is 11.6 Å². The number of nitrogens with one attached hydrogen (secondary N) is 1. The summed E-state index contributed by atoms with van der Waals surface area (Å²) in [6.07, 6.45) is 3.61. The normalized spacial score (nSPS) is 10.6. The van der Waals surface area contributed by atoms with Crippen molar-refractivity contribution in [3.8, 4) is 17.2 Å². The number of hydrogen-bond donors (Lipinski definition) is 1. The fraction of sp³-hybridized carbons (Fsp3) is 0.0500. The molecule has 4 aromatic rings. The van der Waals surface area contributed by atoms with Crippen molar-refractivity contribution >= 4 is 5.82 Å². The van der Waals surface area contributed by atoms with E-state index in [0.29, 0.717) is 12.4 Å². The summed E-state index contributed by atoms with van der Waals surface area (Å²) in [7, 11) is 0. The summed E-state index contributed by atoms with van der Waals surface area (Å²) in [6.45, 7) is 0.699. The molecule has 0 fully saturated rings. The number of aromatic nitrogens is 4. The minimum Gasteiger partial charge on any atom is -0.366 e. The Morgan fingerprint density at radius 1 is 0.840 bits per heavy atom. The SMILES string of the molecule is c1ccc(CNc2cc(-n3cccn3)nc(-c3ccccc3)n2)cc1. The Labute approximate surface area is 146 Å². The van der Waals surface area contributed by atoms with Gasteiger partial charge in [0.05, 0.1) is 0 Å². The number of nitrogens with zero attached hydrogens (tertiary/aromatic N) is 4. The molecule has 1 N–H and O–H groups in total. The Morgan fingerprint density at radius 2 is 1.60 bits per heavy atom. The molecule has 0 aliphatic heterocycles. The molecule has 122 valence electrons. The Bertz CT molecular complexity index is 935. The zero-order valence-corrected chi connectivity index (χ0v) is 13.6. The van der Waals surface area contributed by atoms with Gasteiger partial charge < -0.3 is 5.32 Å². The highest BCUT2D eigenvalue weighted by atomic mass is 15.3. The second-order valence-electron chi connectivity index (χ2n) is 5.59. The second kappa shape index (κ2) is 6.97. The van der Waals surface area contributed by atoms with E-state index in [1.54, 1.807) is 10.9 Å². The molecule has 0 bridgehead atoms. The lowest BCUT2D eigenvalue weighted by Crippen LogP contribution is -2.07. The predicted molar refractivity (Wildman–Crippen MR) is 98.4 cm³/mol. The molecule has 0 radical (unpaired) electrons. The number of anilines is 1. The quantitative estimate of drug-likeness (QED) is 0.603. The van der Waals surface area contributed by atoms with Crippen LogP contribution in [0.15, 0.2) is 85.2 Å². The Kier molecular flexibility index (Phi) is 4.20. The van der Waals surface area contributed by atoms with Crippen LogP contribution in [0.4, 0.5) is 5.82 Å². The summed E-state index contributed by atoms with van der Waals surface area (Å²) in [5.41, 5.74) is 2.17. The molecule has 2 heterocycles. The van der Waals surface area contributed by atoms with E-state index in [2.05, 4.69) is 32.5 Å². The van der Waals surface area contributed by atoms with Crippen LogP contribution in [0.2, 0.25) is 0 Å². The number of benzene rings is 2. The standard InChI is InChI=1S/C20H17N5/c1-3-8-16(9-4-1)15-21-18-14-19(25-13-7-12-22-25)24-20(23-18)17-10-5-2-6-11-17/h1-14H,15H2,(H,21,23,24). The summed E-state index contributed by atoms with van der Waals surface area (Å²) in [6, 6.07) is 24.0. The van der Waals surface area contributed by atoms with Gasteiger partial charge in [0, 0.05) is 30.6 Å². The Hall–Kier alpha value is -3.47. The van der Waals surface area contributed by atoms with Gasteiger partial charge in [-0.1, -0.05) is 60.7 Å². The highest BCUT2D eigenvalue weighted by Gasteiger charge is 2.08. The summed E-state index contributed by atoms with van der Waals surface area (Å²) >= 11 is 0. The first-order valence-electron chi connectivity index (χ1n) is 8.11. The molecule has 0 atom stereocenters. The predicted octanol–water partition coefficient (Wildman–Crippen LogP) is 3.94. The fourth-order valence-electron chi connectivity index (χ4n) is 2.55. The van der Waals surface area contributed by atoms with Gasteiger partial charge in [0.1, 0.15) is 5.82 Å². The maximum absolute atomic E-state index is 4.67. The first kappa shape index (κ1) is 15.1. The van der Waals surface area contributed by atoms with Crippen LogP contribution in [0.1, 0.15) is 5.56 Å². The van der Waals surface area contributed by atoms with Gasteiger partial charge in [-0.25, -0.2) is 14.6 Å². The van der Waals surface area contributed by atoms with Gasteiger partial charge in [0.25, 0.3) is 0 Å². The van der Waals surface area contributed by atoms with Crippen molar-refractivity contribution in [2.24, 2.45) is 0 Å². The molecule has 2 aromatic heterocycles. The van der Waals surface area contributed by atoms with Crippen molar-refractivity contribution in [1.29, 1.82) is 0 Å². The molecule has 0 aliphatic rings. The van der Waals surface area contributed by atoms with Gasteiger partial charge in [0.2, 0.25) is 0 Å². The molecule has 25 heavy (non-hydrogen) atoms. The lowest BCUT2D eigenvalue weighted by atomic mass is 10.2. The zero-order chi connectivity index (χ0) is 16.9. The van der Waals surface area contributed by atoms with E-state index in [0.717, 1.165) is 17.2 Å². The molecule has 0 spiro atoms.